The molecular formula is C17H17ClN2O3S. The number of hydrogen-bond donors (Lipinski definition) is 1. The quantitative estimate of drug-likeness (QED) is 0.910. The Morgan fingerprint density at radius 3 is 2.54 bits per heavy atom. The number of nitrogens with zero attached hydrogens (tertiary/aromatic N) is 1. The monoisotopic (exact) mass is 364 g/mol. The molecule has 3 rings (SSSR count). The molecule has 1 N–H and O–H groups in total. The van der Waals surface area contributed by atoms with Crippen LogP contribution in [0.25, 0.3) is 0 Å². The van der Waals surface area contributed by atoms with E-state index in [2.05, 4.69) is 5.32 Å². The minimum absolute atomic E-state index is 0.261. The van der Waals surface area contributed by atoms with Crippen molar-refractivity contribution in [1.82, 2.24) is 5.32 Å². The van der Waals surface area contributed by atoms with Crippen molar-refractivity contribution in [2.24, 2.45) is 0 Å². The number of rotatable bonds is 3. The number of carbonyl (C=O) groups excluding carboxylic acids is 1. The molecule has 2 aromatic rings. The highest BCUT2D eigenvalue weighted by Gasteiger charge is 2.30. The summed E-state index contributed by atoms with van der Waals surface area (Å²) < 4.78 is 25.3. The minimum atomic E-state index is -3.35. The molecule has 5 nitrogen and oxygen atoms in total. The maximum Gasteiger partial charge on any atom is 0.253 e. The van der Waals surface area contributed by atoms with E-state index in [1.54, 1.807) is 36.4 Å². The van der Waals surface area contributed by atoms with Crippen LogP contribution >= 0.6 is 11.6 Å². The van der Waals surface area contributed by atoms with Gasteiger partial charge in [-0.3, -0.25) is 9.10 Å². The van der Waals surface area contributed by atoms with Crippen molar-refractivity contribution in [2.45, 2.75) is 12.5 Å². The Kier molecular flexibility index (Phi) is 4.51. The van der Waals surface area contributed by atoms with Crippen LogP contribution in [0, 0.1) is 0 Å². The predicted octanol–water partition coefficient (Wildman–Crippen LogP) is 2.98. The molecule has 7 heteroatoms. The smallest absolute Gasteiger partial charge is 0.253 e. The van der Waals surface area contributed by atoms with E-state index in [4.69, 9.17) is 11.6 Å². The van der Waals surface area contributed by atoms with Gasteiger partial charge in [-0.05, 0) is 30.2 Å². The van der Waals surface area contributed by atoms with Crippen molar-refractivity contribution in [1.29, 1.82) is 0 Å². The first kappa shape index (κ1) is 16.8. The summed E-state index contributed by atoms with van der Waals surface area (Å²) in [5, 5.41) is 3.35. The summed E-state index contributed by atoms with van der Waals surface area (Å²) in [6.45, 7) is 0.323. The van der Waals surface area contributed by atoms with Gasteiger partial charge in [0.05, 0.1) is 28.6 Å². The van der Waals surface area contributed by atoms with Crippen LogP contribution < -0.4 is 9.62 Å². The summed E-state index contributed by atoms with van der Waals surface area (Å²) in [7, 11) is -3.35. The summed E-state index contributed by atoms with van der Waals surface area (Å²) in [5.41, 5.74) is 1.80. The van der Waals surface area contributed by atoms with Gasteiger partial charge >= 0.3 is 0 Å². The van der Waals surface area contributed by atoms with Gasteiger partial charge in [0.1, 0.15) is 0 Å². The first-order chi connectivity index (χ1) is 11.4. The minimum Gasteiger partial charge on any atom is -0.345 e. The van der Waals surface area contributed by atoms with Crippen LogP contribution in [0.4, 0.5) is 5.69 Å². The Morgan fingerprint density at radius 1 is 1.17 bits per heavy atom. The molecule has 0 aromatic heterocycles. The molecule has 1 atom stereocenters. The molecule has 1 aliphatic rings. The second-order valence-corrected chi connectivity index (χ2v) is 8.00. The summed E-state index contributed by atoms with van der Waals surface area (Å²) in [5.74, 6) is -0.270. The molecule has 1 amide bonds. The average molecular weight is 365 g/mol. The molecule has 0 bridgehead atoms. The molecular weight excluding hydrogens is 348 g/mol. The van der Waals surface area contributed by atoms with E-state index in [0.29, 0.717) is 29.2 Å². The number of sulfonamides is 1. The average Bonchev–Trinajstić information content (AvgIpc) is 2.54. The van der Waals surface area contributed by atoms with Crippen LogP contribution in [0.5, 0.6) is 0 Å². The molecule has 0 spiro atoms. The molecule has 0 fully saturated rings. The number of halogens is 1. The van der Waals surface area contributed by atoms with Crippen LogP contribution in [-0.4, -0.2) is 27.1 Å². The number of carbonyl (C=O) groups is 1. The fraction of sp³-hybridized carbons (Fsp3) is 0.235. The van der Waals surface area contributed by atoms with E-state index in [1.165, 1.54) is 10.6 Å². The Hall–Kier alpha value is -2.05. The molecule has 0 saturated heterocycles. The molecule has 1 unspecified atom stereocenters. The van der Waals surface area contributed by atoms with Gasteiger partial charge in [0.15, 0.2) is 0 Å². The fourth-order valence-electron chi connectivity index (χ4n) is 2.91. The SMILES string of the molecule is CS(=O)(=O)N1CCC(NC(=O)c2ccccc2Cl)c2ccccc21. The third kappa shape index (κ3) is 3.25. The lowest BCUT2D eigenvalue weighted by molar-refractivity contribution is 0.0934. The molecule has 0 radical (unpaired) electrons. The number of amides is 1. The van der Waals surface area contributed by atoms with Crippen LogP contribution in [0.3, 0.4) is 0 Å². The number of fused-ring (bicyclic) bond motifs is 1. The number of benzene rings is 2. The van der Waals surface area contributed by atoms with Crippen molar-refractivity contribution in [3.63, 3.8) is 0 Å². The van der Waals surface area contributed by atoms with Gasteiger partial charge in [0, 0.05) is 6.54 Å². The molecule has 1 heterocycles. The standard InChI is InChI=1S/C17H17ClN2O3S/c1-24(22,23)20-11-10-15(13-7-3-5-9-16(13)20)19-17(21)12-6-2-4-8-14(12)18/h2-9,15H,10-11H2,1H3,(H,19,21). The van der Waals surface area contributed by atoms with Crippen LogP contribution in [0.15, 0.2) is 48.5 Å². The van der Waals surface area contributed by atoms with Crippen molar-refractivity contribution < 1.29 is 13.2 Å². The van der Waals surface area contributed by atoms with Crippen molar-refractivity contribution >= 4 is 33.2 Å². The number of para-hydroxylation sites is 1. The Morgan fingerprint density at radius 2 is 1.83 bits per heavy atom. The van der Waals surface area contributed by atoms with E-state index in [1.807, 2.05) is 12.1 Å². The van der Waals surface area contributed by atoms with Gasteiger partial charge in [-0.2, -0.15) is 0 Å². The lowest BCUT2D eigenvalue weighted by Crippen LogP contribution is -2.40. The lowest BCUT2D eigenvalue weighted by Gasteiger charge is -2.34. The molecule has 1 aliphatic heterocycles. The normalized spacial score (nSPS) is 17.2. The van der Waals surface area contributed by atoms with Gasteiger partial charge in [-0.1, -0.05) is 41.9 Å². The van der Waals surface area contributed by atoms with Gasteiger partial charge < -0.3 is 5.32 Å². The van der Waals surface area contributed by atoms with E-state index >= 15 is 0 Å². The van der Waals surface area contributed by atoms with E-state index in [0.717, 1.165) is 5.56 Å². The zero-order valence-electron chi connectivity index (χ0n) is 13.1. The van der Waals surface area contributed by atoms with Crippen molar-refractivity contribution in [2.75, 3.05) is 17.1 Å². The molecule has 126 valence electrons. The van der Waals surface area contributed by atoms with Gasteiger partial charge in [-0.15, -0.1) is 0 Å². The second-order valence-electron chi connectivity index (χ2n) is 5.69. The van der Waals surface area contributed by atoms with E-state index in [-0.39, 0.29) is 11.9 Å². The fourth-order valence-corrected chi connectivity index (χ4v) is 4.09. The third-order valence-electron chi connectivity index (χ3n) is 4.03. The number of anilines is 1. The van der Waals surface area contributed by atoms with Crippen LogP contribution in [-0.2, 0) is 10.0 Å². The first-order valence-electron chi connectivity index (χ1n) is 7.50. The van der Waals surface area contributed by atoms with Gasteiger partial charge in [-0.25, -0.2) is 8.42 Å². The molecule has 0 saturated carbocycles. The maximum absolute atomic E-state index is 12.5. The van der Waals surface area contributed by atoms with Crippen LogP contribution in [0.1, 0.15) is 28.4 Å². The molecule has 0 aliphatic carbocycles. The highest BCUT2D eigenvalue weighted by Crippen LogP contribution is 2.35. The highest BCUT2D eigenvalue weighted by atomic mass is 35.5. The van der Waals surface area contributed by atoms with E-state index < -0.39 is 10.0 Å². The lowest BCUT2D eigenvalue weighted by atomic mass is 9.97. The van der Waals surface area contributed by atoms with Gasteiger partial charge in [0.25, 0.3) is 5.91 Å². The molecule has 24 heavy (non-hydrogen) atoms. The highest BCUT2D eigenvalue weighted by molar-refractivity contribution is 7.92. The Bertz CT molecular complexity index is 883. The predicted molar refractivity (Wildman–Crippen MR) is 94.9 cm³/mol. The zero-order chi connectivity index (χ0) is 17.3. The second kappa shape index (κ2) is 6.45. The summed E-state index contributed by atoms with van der Waals surface area (Å²) in [4.78, 5) is 12.5. The molecule has 2 aromatic carbocycles. The first-order valence-corrected chi connectivity index (χ1v) is 9.72. The third-order valence-corrected chi connectivity index (χ3v) is 5.54. The van der Waals surface area contributed by atoms with Crippen molar-refractivity contribution in [3.8, 4) is 0 Å². The summed E-state index contributed by atoms with van der Waals surface area (Å²) in [6, 6.07) is 13.8. The van der Waals surface area contributed by atoms with E-state index in [9.17, 15) is 13.2 Å². The summed E-state index contributed by atoms with van der Waals surface area (Å²) in [6.07, 6.45) is 1.69. The Labute approximate surface area is 146 Å². The van der Waals surface area contributed by atoms with Crippen molar-refractivity contribution in [3.05, 3.63) is 64.7 Å². The van der Waals surface area contributed by atoms with Crippen LogP contribution in [0.2, 0.25) is 5.02 Å². The zero-order valence-corrected chi connectivity index (χ0v) is 14.6. The number of nitrogens with one attached hydrogen (secondary N) is 1. The number of hydrogen-bond acceptors (Lipinski definition) is 3. The Balaban J connectivity index is 1.90. The largest absolute Gasteiger partial charge is 0.345 e. The summed E-state index contributed by atoms with van der Waals surface area (Å²) >= 11 is 6.07. The maximum atomic E-state index is 12.5. The van der Waals surface area contributed by atoms with Gasteiger partial charge in [0.2, 0.25) is 10.0 Å². The topological polar surface area (TPSA) is 66.5 Å².